The van der Waals surface area contributed by atoms with Gasteiger partial charge >= 0.3 is 0 Å². The zero-order chi connectivity index (χ0) is 22.9. The summed E-state index contributed by atoms with van der Waals surface area (Å²) in [7, 11) is 3.03. The fourth-order valence-electron chi connectivity index (χ4n) is 2.88. The molecule has 0 spiro atoms. The normalized spacial score (nSPS) is 10.4. The van der Waals surface area contributed by atoms with E-state index in [1.54, 1.807) is 42.5 Å². The SMILES string of the molecule is COc1cc(/C=N\NC(=O)c2cc(Br)ccc2OC)ccc1OCc1ccccc1C#N. The van der Waals surface area contributed by atoms with Gasteiger partial charge in [-0.15, -0.1) is 0 Å². The maximum Gasteiger partial charge on any atom is 0.275 e. The number of carbonyl (C=O) groups is 1. The number of rotatable bonds is 8. The van der Waals surface area contributed by atoms with Crippen LogP contribution in [0.1, 0.15) is 27.0 Å². The van der Waals surface area contributed by atoms with Crippen molar-refractivity contribution in [1.82, 2.24) is 5.43 Å². The van der Waals surface area contributed by atoms with Gasteiger partial charge in [-0.25, -0.2) is 5.43 Å². The Morgan fingerprint density at radius 3 is 2.56 bits per heavy atom. The van der Waals surface area contributed by atoms with Crippen LogP contribution in [-0.4, -0.2) is 26.3 Å². The van der Waals surface area contributed by atoms with Crippen LogP contribution in [-0.2, 0) is 6.61 Å². The van der Waals surface area contributed by atoms with Crippen molar-refractivity contribution in [2.75, 3.05) is 14.2 Å². The van der Waals surface area contributed by atoms with Crippen LogP contribution in [0.3, 0.4) is 0 Å². The molecule has 0 saturated heterocycles. The van der Waals surface area contributed by atoms with Crippen molar-refractivity contribution in [3.63, 3.8) is 0 Å². The zero-order valence-electron chi connectivity index (χ0n) is 17.5. The Morgan fingerprint density at radius 2 is 1.81 bits per heavy atom. The number of nitrogens with zero attached hydrogens (tertiary/aromatic N) is 2. The number of nitriles is 1. The van der Waals surface area contributed by atoms with Crippen LogP contribution in [0.5, 0.6) is 17.2 Å². The molecule has 0 aliphatic carbocycles. The summed E-state index contributed by atoms with van der Waals surface area (Å²) in [6.07, 6.45) is 1.50. The molecule has 0 unspecified atom stereocenters. The van der Waals surface area contributed by atoms with Crippen LogP contribution in [0.25, 0.3) is 0 Å². The van der Waals surface area contributed by atoms with Crippen molar-refractivity contribution in [1.29, 1.82) is 5.26 Å². The van der Waals surface area contributed by atoms with Gasteiger partial charge in [0.25, 0.3) is 5.91 Å². The Balaban J connectivity index is 1.68. The third-order valence-electron chi connectivity index (χ3n) is 4.49. The summed E-state index contributed by atoms with van der Waals surface area (Å²) < 4.78 is 17.2. The Kier molecular flexibility index (Phi) is 7.84. The second kappa shape index (κ2) is 11.0. The van der Waals surface area contributed by atoms with E-state index in [-0.39, 0.29) is 6.61 Å². The van der Waals surface area contributed by atoms with Crippen LogP contribution >= 0.6 is 15.9 Å². The van der Waals surface area contributed by atoms with E-state index in [0.29, 0.717) is 33.9 Å². The van der Waals surface area contributed by atoms with E-state index < -0.39 is 5.91 Å². The molecule has 8 heteroatoms. The van der Waals surface area contributed by atoms with E-state index in [1.807, 2.05) is 18.2 Å². The minimum Gasteiger partial charge on any atom is -0.496 e. The van der Waals surface area contributed by atoms with Crippen LogP contribution < -0.4 is 19.6 Å². The molecule has 0 aromatic heterocycles. The number of halogens is 1. The number of carbonyl (C=O) groups excluding carboxylic acids is 1. The van der Waals surface area contributed by atoms with Gasteiger partial charge in [0, 0.05) is 10.0 Å². The molecule has 1 N–H and O–H groups in total. The highest BCUT2D eigenvalue weighted by Crippen LogP contribution is 2.29. The van der Waals surface area contributed by atoms with Gasteiger partial charge in [0.15, 0.2) is 11.5 Å². The Labute approximate surface area is 194 Å². The standard InChI is InChI=1S/C24H20BrN3O4/c1-30-21-10-8-19(25)12-20(21)24(29)28-27-14-16-7-9-22(23(11-16)31-2)32-15-18-6-4-3-5-17(18)13-26/h3-12,14H,15H2,1-2H3,(H,28,29)/b27-14-. The highest BCUT2D eigenvalue weighted by Gasteiger charge is 2.12. The number of ether oxygens (including phenoxy) is 3. The molecule has 32 heavy (non-hydrogen) atoms. The molecule has 0 radical (unpaired) electrons. The number of hydrogen-bond donors (Lipinski definition) is 1. The zero-order valence-corrected chi connectivity index (χ0v) is 19.0. The molecule has 0 saturated carbocycles. The molecule has 3 rings (SSSR count). The lowest BCUT2D eigenvalue weighted by molar-refractivity contribution is 0.0952. The van der Waals surface area contributed by atoms with E-state index in [0.717, 1.165) is 10.0 Å². The average Bonchev–Trinajstić information content (AvgIpc) is 2.83. The number of amides is 1. The number of benzene rings is 3. The second-order valence-corrected chi connectivity index (χ2v) is 7.43. The third kappa shape index (κ3) is 5.65. The summed E-state index contributed by atoms with van der Waals surface area (Å²) >= 11 is 3.34. The highest BCUT2D eigenvalue weighted by molar-refractivity contribution is 9.10. The van der Waals surface area contributed by atoms with Crippen molar-refractivity contribution in [2.24, 2.45) is 5.10 Å². The number of nitrogens with one attached hydrogen (secondary N) is 1. The van der Waals surface area contributed by atoms with Gasteiger partial charge < -0.3 is 14.2 Å². The van der Waals surface area contributed by atoms with E-state index in [2.05, 4.69) is 32.5 Å². The van der Waals surface area contributed by atoms with Gasteiger partial charge in [0.1, 0.15) is 12.4 Å². The quantitative estimate of drug-likeness (QED) is 0.363. The molecule has 162 valence electrons. The molecule has 0 fully saturated rings. The van der Waals surface area contributed by atoms with Gasteiger partial charge in [-0.05, 0) is 48.0 Å². The van der Waals surface area contributed by atoms with Gasteiger partial charge in [-0.1, -0.05) is 34.1 Å². The monoisotopic (exact) mass is 493 g/mol. The Morgan fingerprint density at radius 1 is 1.06 bits per heavy atom. The van der Waals surface area contributed by atoms with Crippen molar-refractivity contribution < 1.29 is 19.0 Å². The van der Waals surface area contributed by atoms with E-state index in [1.165, 1.54) is 20.4 Å². The largest absolute Gasteiger partial charge is 0.496 e. The molecule has 1 amide bonds. The topological polar surface area (TPSA) is 92.9 Å². The number of hydrogen-bond acceptors (Lipinski definition) is 6. The summed E-state index contributed by atoms with van der Waals surface area (Å²) in [6.45, 7) is 0.234. The first-order valence-corrected chi connectivity index (χ1v) is 10.3. The van der Waals surface area contributed by atoms with E-state index in [4.69, 9.17) is 14.2 Å². The van der Waals surface area contributed by atoms with Gasteiger partial charge in [0.2, 0.25) is 0 Å². The molecule has 0 atom stereocenters. The lowest BCUT2D eigenvalue weighted by Crippen LogP contribution is -2.18. The minimum atomic E-state index is -0.400. The molecular formula is C24H20BrN3O4. The van der Waals surface area contributed by atoms with E-state index in [9.17, 15) is 10.1 Å². The fraction of sp³-hybridized carbons (Fsp3) is 0.125. The smallest absolute Gasteiger partial charge is 0.275 e. The predicted octanol–water partition coefficient (Wildman–Crippen LogP) is 4.68. The summed E-state index contributed by atoms with van der Waals surface area (Å²) in [6, 6.07) is 19.8. The summed E-state index contributed by atoms with van der Waals surface area (Å²) in [4.78, 5) is 12.4. The first kappa shape index (κ1) is 22.8. The molecule has 0 heterocycles. The summed E-state index contributed by atoms with van der Waals surface area (Å²) in [5.41, 5.74) is 4.90. The third-order valence-corrected chi connectivity index (χ3v) is 4.99. The highest BCUT2D eigenvalue weighted by atomic mass is 79.9. The Bertz CT molecular complexity index is 1190. The maximum absolute atomic E-state index is 12.4. The summed E-state index contributed by atoms with van der Waals surface area (Å²) in [5, 5.41) is 13.2. The van der Waals surface area contributed by atoms with Crippen molar-refractivity contribution in [3.05, 3.63) is 87.4 Å². The number of hydrazone groups is 1. The van der Waals surface area contributed by atoms with Crippen molar-refractivity contribution >= 4 is 28.1 Å². The van der Waals surface area contributed by atoms with Gasteiger partial charge in [-0.3, -0.25) is 4.79 Å². The molecular weight excluding hydrogens is 474 g/mol. The summed E-state index contributed by atoms with van der Waals surface area (Å²) in [5.74, 6) is 1.08. The molecule has 3 aromatic carbocycles. The fourth-order valence-corrected chi connectivity index (χ4v) is 3.24. The number of methoxy groups -OCH3 is 2. The van der Waals surface area contributed by atoms with Gasteiger partial charge in [0.05, 0.1) is 37.6 Å². The lowest BCUT2D eigenvalue weighted by atomic mass is 10.1. The first-order valence-electron chi connectivity index (χ1n) is 9.51. The predicted molar refractivity (Wildman–Crippen MR) is 124 cm³/mol. The molecule has 0 aliphatic rings. The van der Waals surface area contributed by atoms with Crippen molar-refractivity contribution in [2.45, 2.75) is 6.61 Å². The maximum atomic E-state index is 12.4. The lowest BCUT2D eigenvalue weighted by Gasteiger charge is -2.12. The van der Waals surface area contributed by atoms with Gasteiger partial charge in [-0.2, -0.15) is 10.4 Å². The first-order chi connectivity index (χ1) is 15.5. The van der Waals surface area contributed by atoms with Crippen LogP contribution in [0.4, 0.5) is 0 Å². The molecule has 7 nitrogen and oxygen atoms in total. The van der Waals surface area contributed by atoms with Crippen LogP contribution in [0.15, 0.2) is 70.2 Å². The molecule has 3 aromatic rings. The minimum absolute atomic E-state index is 0.234. The Hall–Kier alpha value is -3.83. The average molecular weight is 494 g/mol. The van der Waals surface area contributed by atoms with Crippen molar-refractivity contribution in [3.8, 4) is 23.3 Å². The second-order valence-electron chi connectivity index (χ2n) is 6.51. The van der Waals surface area contributed by atoms with Crippen LogP contribution in [0, 0.1) is 11.3 Å². The van der Waals surface area contributed by atoms with Crippen LogP contribution in [0.2, 0.25) is 0 Å². The van der Waals surface area contributed by atoms with E-state index >= 15 is 0 Å². The molecule has 0 bridgehead atoms. The molecule has 0 aliphatic heterocycles.